The number of para-hydroxylation sites is 1. The predicted molar refractivity (Wildman–Crippen MR) is 120 cm³/mol. The second kappa shape index (κ2) is 8.23. The first-order valence-corrected chi connectivity index (χ1v) is 10.6. The molecule has 4 aromatic rings. The number of rotatable bonds is 6. The fourth-order valence-electron chi connectivity index (χ4n) is 3.04. The van der Waals surface area contributed by atoms with Crippen molar-refractivity contribution >= 4 is 45.4 Å². The molecular formula is C20H20ClN5OS2. The van der Waals surface area contributed by atoms with Crippen molar-refractivity contribution < 1.29 is 4.74 Å². The predicted octanol–water partition coefficient (Wildman–Crippen LogP) is 5.53. The third kappa shape index (κ3) is 4.06. The quantitative estimate of drug-likeness (QED) is 0.395. The molecule has 0 unspecified atom stereocenters. The molecule has 0 spiro atoms. The molecule has 1 atom stereocenters. The highest BCUT2D eigenvalue weighted by molar-refractivity contribution is 7.71. The highest BCUT2D eigenvalue weighted by Gasteiger charge is 2.18. The van der Waals surface area contributed by atoms with E-state index in [4.69, 9.17) is 33.5 Å². The van der Waals surface area contributed by atoms with Crippen LogP contribution in [0.15, 0.2) is 42.5 Å². The number of aromatic nitrogens is 4. The van der Waals surface area contributed by atoms with E-state index in [2.05, 4.69) is 28.0 Å². The van der Waals surface area contributed by atoms with Crippen LogP contribution >= 0.6 is 35.2 Å². The Morgan fingerprint density at radius 1 is 1.28 bits per heavy atom. The van der Waals surface area contributed by atoms with Gasteiger partial charge in [-0.15, -0.1) is 11.3 Å². The zero-order valence-electron chi connectivity index (χ0n) is 16.2. The van der Waals surface area contributed by atoms with Crippen molar-refractivity contribution in [2.45, 2.75) is 19.6 Å². The number of ether oxygens (including phenoxy) is 1. The van der Waals surface area contributed by atoms with Crippen LogP contribution in [0.4, 0.5) is 0 Å². The maximum atomic E-state index is 6.15. The van der Waals surface area contributed by atoms with Gasteiger partial charge in [0.15, 0.2) is 5.82 Å². The third-order valence-electron chi connectivity index (χ3n) is 4.79. The van der Waals surface area contributed by atoms with Gasteiger partial charge in [0.2, 0.25) is 4.77 Å². The van der Waals surface area contributed by atoms with Crippen molar-refractivity contribution in [3.8, 4) is 17.1 Å². The lowest BCUT2D eigenvalue weighted by Gasteiger charge is -2.22. The molecule has 2 aromatic heterocycles. The Balaban J connectivity index is 1.58. The van der Waals surface area contributed by atoms with Gasteiger partial charge in [0.1, 0.15) is 10.8 Å². The molecule has 0 saturated heterocycles. The number of nitrogens with one attached hydrogen (secondary N) is 1. The van der Waals surface area contributed by atoms with E-state index in [1.807, 2.05) is 42.1 Å². The minimum absolute atomic E-state index is 0.127. The van der Waals surface area contributed by atoms with Crippen LogP contribution in [-0.2, 0) is 6.67 Å². The number of benzene rings is 2. The number of fused-ring (bicyclic) bond motifs is 1. The Labute approximate surface area is 182 Å². The summed E-state index contributed by atoms with van der Waals surface area (Å²) in [6.45, 7) is 2.68. The first kappa shape index (κ1) is 20.0. The van der Waals surface area contributed by atoms with Crippen molar-refractivity contribution in [3.63, 3.8) is 0 Å². The summed E-state index contributed by atoms with van der Waals surface area (Å²) in [6.07, 6.45) is 0. The minimum atomic E-state index is 0.127. The van der Waals surface area contributed by atoms with Crippen LogP contribution in [0.25, 0.3) is 21.6 Å². The summed E-state index contributed by atoms with van der Waals surface area (Å²) in [5.41, 5.74) is 1.80. The average molecular weight is 446 g/mol. The Morgan fingerprint density at radius 3 is 2.83 bits per heavy atom. The molecule has 1 N–H and O–H groups in total. The standard InChI is InChI=1S/C20H20ClN5OS2/c1-12(19-22-15-6-4-5-7-17(15)29-19)25(2)11-26-20(28)23-18(24-26)14-10-13(21)8-9-16(14)27-3/h4-10,12H,11H2,1-3H3,(H,23,24,28)/t12-/m0/s1. The molecule has 6 nitrogen and oxygen atoms in total. The van der Waals surface area contributed by atoms with E-state index in [0.717, 1.165) is 16.1 Å². The Hall–Kier alpha value is -2.26. The van der Waals surface area contributed by atoms with Crippen LogP contribution in [0.2, 0.25) is 5.02 Å². The van der Waals surface area contributed by atoms with Gasteiger partial charge in [-0.3, -0.25) is 10.00 Å². The van der Waals surface area contributed by atoms with Crippen LogP contribution in [0.3, 0.4) is 0 Å². The largest absolute Gasteiger partial charge is 0.496 e. The van der Waals surface area contributed by atoms with E-state index < -0.39 is 0 Å². The van der Waals surface area contributed by atoms with Crippen LogP contribution in [0.1, 0.15) is 18.0 Å². The average Bonchev–Trinajstić information content (AvgIpc) is 3.31. The first-order chi connectivity index (χ1) is 14.0. The lowest BCUT2D eigenvalue weighted by molar-refractivity contribution is 0.195. The van der Waals surface area contributed by atoms with Gasteiger partial charge < -0.3 is 4.74 Å². The summed E-state index contributed by atoms with van der Waals surface area (Å²) in [5.74, 6) is 1.30. The molecule has 0 bridgehead atoms. The normalized spacial score (nSPS) is 12.6. The molecule has 0 aliphatic rings. The van der Waals surface area contributed by atoms with E-state index in [1.54, 1.807) is 24.5 Å². The molecule has 2 heterocycles. The highest BCUT2D eigenvalue weighted by atomic mass is 35.5. The topological polar surface area (TPSA) is 59.0 Å². The number of thiazole rings is 1. The number of halogens is 1. The Kier molecular flexibility index (Phi) is 5.69. The number of nitrogens with zero attached hydrogens (tertiary/aromatic N) is 4. The van der Waals surface area contributed by atoms with Crippen LogP contribution in [0, 0.1) is 4.77 Å². The molecule has 2 aromatic carbocycles. The molecule has 0 saturated carbocycles. The SMILES string of the molecule is COc1ccc(Cl)cc1-c1nc(=S)n(CN(C)[C@@H](C)c2nc3ccccc3s2)[nH]1. The van der Waals surface area contributed by atoms with E-state index in [1.165, 1.54) is 4.70 Å². The molecule has 0 radical (unpaired) electrons. The van der Waals surface area contributed by atoms with Gasteiger partial charge in [0.05, 0.1) is 35.6 Å². The maximum Gasteiger partial charge on any atom is 0.217 e. The molecule has 9 heteroatoms. The number of aromatic amines is 1. The van der Waals surface area contributed by atoms with Gasteiger partial charge in [-0.25, -0.2) is 9.67 Å². The molecule has 0 amide bonds. The summed E-state index contributed by atoms with van der Waals surface area (Å²) in [5, 5.41) is 4.94. The summed E-state index contributed by atoms with van der Waals surface area (Å²) in [7, 11) is 3.66. The molecular weight excluding hydrogens is 426 g/mol. The van der Waals surface area contributed by atoms with Gasteiger partial charge in [-0.1, -0.05) is 23.7 Å². The third-order valence-corrected chi connectivity index (χ3v) is 6.54. The van der Waals surface area contributed by atoms with Crippen molar-refractivity contribution in [1.29, 1.82) is 0 Å². The maximum absolute atomic E-state index is 6.15. The molecule has 0 aliphatic carbocycles. The summed E-state index contributed by atoms with van der Waals surface area (Å²) >= 11 is 13.3. The lowest BCUT2D eigenvalue weighted by Crippen LogP contribution is -2.26. The highest BCUT2D eigenvalue weighted by Crippen LogP contribution is 2.31. The smallest absolute Gasteiger partial charge is 0.217 e. The zero-order chi connectivity index (χ0) is 20.5. The minimum Gasteiger partial charge on any atom is -0.496 e. The van der Waals surface area contributed by atoms with Crippen molar-refractivity contribution in [3.05, 3.63) is 57.3 Å². The fraction of sp³-hybridized carbons (Fsp3) is 0.250. The summed E-state index contributed by atoms with van der Waals surface area (Å²) in [6, 6.07) is 13.7. The summed E-state index contributed by atoms with van der Waals surface area (Å²) in [4.78, 5) is 11.4. The number of H-pyrrole nitrogens is 1. The first-order valence-electron chi connectivity index (χ1n) is 9.02. The second-order valence-corrected chi connectivity index (χ2v) is 8.59. The van der Waals surface area contributed by atoms with Gasteiger partial charge in [0.25, 0.3) is 0 Å². The van der Waals surface area contributed by atoms with Crippen molar-refractivity contribution in [1.82, 2.24) is 24.6 Å². The monoisotopic (exact) mass is 445 g/mol. The van der Waals surface area contributed by atoms with E-state index in [-0.39, 0.29) is 6.04 Å². The van der Waals surface area contributed by atoms with Gasteiger partial charge >= 0.3 is 0 Å². The van der Waals surface area contributed by atoms with Crippen LogP contribution in [-0.4, -0.2) is 38.8 Å². The van der Waals surface area contributed by atoms with Gasteiger partial charge in [-0.2, -0.15) is 4.98 Å². The van der Waals surface area contributed by atoms with Crippen molar-refractivity contribution in [2.75, 3.05) is 14.2 Å². The van der Waals surface area contributed by atoms with E-state index in [9.17, 15) is 0 Å². The van der Waals surface area contributed by atoms with Crippen LogP contribution in [0.5, 0.6) is 5.75 Å². The number of hydrogen-bond donors (Lipinski definition) is 1. The van der Waals surface area contributed by atoms with E-state index in [0.29, 0.717) is 28.0 Å². The van der Waals surface area contributed by atoms with Crippen LogP contribution < -0.4 is 4.74 Å². The molecule has 0 fully saturated rings. The Morgan fingerprint density at radius 2 is 2.07 bits per heavy atom. The molecule has 4 rings (SSSR count). The lowest BCUT2D eigenvalue weighted by atomic mass is 10.2. The van der Waals surface area contributed by atoms with Crippen molar-refractivity contribution in [2.24, 2.45) is 0 Å². The zero-order valence-corrected chi connectivity index (χ0v) is 18.6. The number of hydrogen-bond acceptors (Lipinski definition) is 6. The second-order valence-electron chi connectivity index (χ2n) is 6.72. The number of methoxy groups -OCH3 is 1. The van der Waals surface area contributed by atoms with E-state index >= 15 is 0 Å². The van der Waals surface area contributed by atoms with Gasteiger partial charge in [0, 0.05) is 5.02 Å². The molecule has 29 heavy (non-hydrogen) atoms. The Bertz CT molecular complexity index is 1180. The van der Waals surface area contributed by atoms with Gasteiger partial charge in [-0.05, 0) is 56.5 Å². The molecule has 0 aliphatic heterocycles. The fourth-order valence-corrected chi connectivity index (χ4v) is 4.49. The molecule has 150 valence electrons. The summed E-state index contributed by atoms with van der Waals surface area (Å²) < 4.78 is 8.91.